The predicted molar refractivity (Wildman–Crippen MR) is 68.0 cm³/mol. The van der Waals surface area contributed by atoms with E-state index in [2.05, 4.69) is 10.3 Å². The summed E-state index contributed by atoms with van der Waals surface area (Å²) in [5, 5.41) is 4.23. The lowest BCUT2D eigenvalue weighted by Gasteiger charge is -2.08. The van der Waals surface area contributed by atoms with Crippen LogP contribution in [-0.4, -0.2) is 4.98 Å². The Morgan fingerprint density at radius 3 is 2.71 bits per heavy atom. The maximum Gasteiger partial charge on any atom is 0.214 e. The molecule has 88 valence electrons. The largest absolute Gasteiger partial charge is 0.381 e. The van der Waals surface area contributed by atoms with Gasteiger partial charge >= 0.3 is 0 Å². The third-order valence-corrected chi connectivity index (χ3v) is 2.81. The van der Waals surface area contributed by atoms with Crippen molar-refractivity contribution in [3.63, 3.8) is 0 Å². The van der Waals surface area contributed by atoms with Gasteiger partial charge in [-0.2, -0.15) is 4.39 Å². The van der Waals surface area contributed by atoms with Gasteiger partial charge in [-0.05, 0) is 23.8 Å². The molecule has 0 radical (unpaired) electrons. The fourth-order valence-electron chi connectivity index (χ4n) is 1.37. The number of pyridine rings is 1. The first-order valence-corrected chi connectivity index (χ1v) is 5.70. The van der Waals surface area contributed by atoms with Crippen molar-refractivity contribution in [3.8, 4) is 0 Å². The van der Waals surface area contributed by atoms with E-state index in [4.69, 9.17) is 23.2 Å². The van der Waals surface area contributed by atoms with Gasteiger partial charge in [-0.25, -0.2) is 4.98 Å². The van der Waals surface area contributed by atoms with Crippen LogP contribution < -0.4 is 5.32 Å². The van der Waals surface area contributed by atoms with Crippen LogP contribution in [0.4, 0.5) is 10.1 Å². The number of aromatic nitrogens is 1. The van der Waals surface area contributed by atoms with Crippen molar-refractivity contribution >= 4 is 28.9 Å². The molecule has 1 heterocycles. The summed E-state index contributed by atoms with van der Waals surface area (Å²) in [6.45, 7) is 0.499. The monoisotopic (exact) mass is 270 g/mol. The molecule has 2 rings (SSSR count). The zero-order valence-electron chi connectivity index (χ0n) is 8.75. The van der Waals surface area contributed by atoms with Gasteiger partial charge in [-0.1, -0.05) is 29.3 Å². The smallest absolute Gasteiger partial charge is 0.214 e. The molecule has 2 nitrogen and oxygen atoms in total. The standard InChI is InChI=1S/C12H9Cl2FN2/c13-9-2-1-8(11(14)5-9)7-17-10-3-4-16-12(15)6-10/h1-6H,7H2,(H,16,17). The van der Waals surface area contributed by atoms with Crippen LogP contribution >= 0.6 is 23.2 Å². The molecule has 0 atom stereocenters. The molecule has 0 aliphatic rings. The molecule has 0 spiro atoms. The summed E-state index contributed by atoms with van der Waals surface area (Å²) < 4.78 is 12.8. The Labute approximate surface area is 108 Å². The van der Waals surface area contributed by atoms with Crippen molar-refractivity contribution in [2.75, 3.05) is 5.32 Å². The van der Waals surface area contributed by atoms with E-state index in [0.717, 1.165) is 5.56 Å². The molecule has 0 bridgehead atoms. The quantitative estimate of drug-likeness (QED) is 0.848. The summed E-state index contributed by atoms with van der Waals surface area (Å²) in [7, 11) is 0. The van der Waals surface area contributed by atoms with Gasteiger partial charge < -0.3 is 5.32 Å². The minimum absolute atomic E-state index is 0.499. The van der Waals surface area contributed by atoms with Crippen molar-refractivity contribution < 1.29 is 4.39 Å². The average Bonchev–Trinajstić information content (AvgIpc) is 2.28. The molecule has 0 saturated heterocycles. The molecular weight excluding hydrogens is 262 g/mol. The van der Waals surface area contributed by atoms with Crippen molar-refractivity contribution in [2.45, 2.75) is 6.54 Å². The number of anilines is 1. The zero-order valence-corrected chi connectivity index (χ0v) is 10.3. The number of hydrogen-bond donors (Lipinski definition) is 1. The lowest BCUT2D eigenvalue weighted by atomic mass is 10.2. The van der Waals surface area contributed by atoms with E-state index in [0.29, 0.717) is 22.3 Å². The van der Waals surface area contributed by atoms with Gasteiger partial charge in [0.25, 0.3) is 0 Å². The Balaban J connectivity index is 2.07. The Morgan fingerprint density at radius 1 is 1.18 bits per heavy atom. The van der Waals surface area contributed by atoms with E-state index in [9.17, 15) is 4.39 Å². The molecule has 5 heteroatoms. The number of nitrogens with one attached hydrogen (secondary N) is 1. The van der Waals surface area contributed by atoms with Crippen LogP contribution in [0.3, 0.4) is 0 Å². The lowest BCUT2D eigenvalue weighted by Crippen LogP contribution is -2.00. The number of rotatable bonds is 3. The number of benzene rings is 1. The molecule has 0 unspecified atom stereocenters. The Bertz CT molecular complexity index is 532. The Kier molecular flexibility index (Phi) is 3.82. The predicted octanol–water partition coefficient (Wildman–Crippen LogP) is 4.14. The second-order valence-electron chi connectivity index (χ2n) is 3.46. The Morgan fingerprint density at radius 2 is 2.00 bits per heavy atom. The summed E-state index contributed by atoms with van der Waals surface area (Å²) in [6.07, 6.45) is 1.40. The normalized spacial score (nSPS) is 10.3. The van der Waals surface area contributed by atoms with E-state index in [1.807, 2.05) is 6.07 Å². The minimum atomic E-state index is -0.516. The molecule has 1 aromatic heterocycles. The molecule has 1 aromatic carbocycles. The fourth-order valence-corrected chi connectivity index (χ4v) is 1.85. The van der Waals surface area contributed by atoms with Gasteiger partial charge in [-0.15, -0.1) is 0 Å². The third kappa shape index (κ3) is 3.32. The van der Waals surface area contributed by atoms with Gasteiger partial charge in [0.05, 0.1) is 0 Å². The molecular formula is C12H9Cl2FN2. The van der Waals surface area contributed by atoms with Gasteiger partial charge in [-0.3, -0.25) is 0 Å². The molecule has 2 aromatic rings. The fraction of sp³-hybridized carbons (Fsp3) is 0.0833. The summed E-state index contributed by atoms with van der Waals surface area (Å²) in [5.74, 6) is -0.516. The van der Waals surface area contributed by atoms with Crippen molar-refractivity contribution in [1.82, 2.24) is 4.98 Å². The second kappa shape index (κ2) is 5.34. The van der Waals surface area contributed by atoms with Crippen LogP contribution in [0.5, 0.6) is 0 Å². The first-order chi connectivity index (χ1) is 8.15. The van der Waals surface area contributed by atoms with Crippen LogP contribution in [-0.2, 0) is 6.54 Å². The highest BCUT2D eigenvalue weighted by molar-refractivity contribution is 6.35. The van der Waals surface area contributed by atoms with Gasteiger partial charge in [0.15, 0.2) is 0 Å². The van der Waals surface area contributed by atoms with E-state index < -0.39 is 5.95 Å². The van der Waals surface area contributed by atoms with Crippen LogP contribution in [0.15, 0.2) is 36.5 Å². The maximum absolute atomic E-state index is 12.8. The molecule has 0 fully saturated rings. The van der Waals surface area contributed by atoms with Crippen molar-refractivity contribution in [2.24, 2.45) is 0 Å². The number of halogens is 3. The highest BCUT2D eigenvalue weighted by Crippen LogP contribution is 2.21. The second-order valence-corrected chi connectivity index (χ2v) is 4.30. The van der Waals surface area contributed by atoms with Gasteiger partial charge in [0, 0.05) is 34.5 Å². The number of nitrogens with zero attached hydrogens (tertiary/aromatic N) is 1. The first kappa shape index (κ1) is 12.1. The van der Waals surface area contributed by atoms with E-state index in [1.165, 1.54) is 12.3 Å². The highest BCUT2D eigenvalue weighted by Gasteiger charge is 2.01. The van der Waals surface area contributed by atoms with Crippen LogP contribution in [0, 0.1) is 5.95 Å². The Hall–Kier alpha value is -1.32. The highest BCUT2D eigenvalue weighted by atomic mass is 35.5. The van der Waals surface area contributed by atoms with E-state index in [-0.39, 0.29) is 0 Å². The lowest BCUT2D eigenvalue weighted by molar-refractivity contribution is 0.584. The SMILES string of the molecule is Fc1cc(NCc2ccc(Cl)cc2Cl)ccn1. The zero-order chi connectivity index (χ0) is 12.3. The summed E-state index contributed by atoms with van der Waals surface area (Å²) in [4.78, 5) is 3.47. The van der Waals surface area contributed by atoms with E-state index in [1.54, 1.807) is 18.2 Å². The summed E-state index contributed by atoms with van der Waals surface area (Å²) in [6, 6.07) is 8.27. The minimum Gasteiger partial charge on any atom is -0.381 e. The molecule has 0 saturated carbocycles. The molecule has 0 aliphatic carbocycles. The molecule has 17 heavy (non-hydrogen) atoms. The average molecular weight is 271 g/mol. The summed E-state index contributed by atoms with van der Waals surface area (Å²) in [5.41, 5.74) is 1.55. The van der Waals surface area contributed by atoms with Gasteiger partial charge in [0.2, 0.25) is 5.95 Å². The van der Waals surface area contributed by atoms with Crippen LogP contribution in [0.1, 0.15) is 5.56 Å². The van der Waals surface area contributed by atoms with Crippen molar-refractivity contribution in [1.29, 1.82) is 0 Å². The maximum atomic E-state index is 12.8. The topological polar surface area (TPSA) is 24.9 Å². The first-order valence-electron chi connectivity index (χ1n) is 4.94. The molecule has 0 aliphatic heterocycles. The molecule has 1 N–H and O–H groups in total. The summed E-state index contributed by atoms with van der Waals surface area (Å²) >= 11 is 11.8. The van der Waals surface area contributed by atoms with E-state index >= 15 is 0 Å². The molecule has 0 amide bonds. The van der Waals surface area contributed by atoms with Gasteiger partial charge in [0.1, 0.15) is 0 Å². The van der Waals surface area contributed by atoms with Crippen LogP contribution in [0.25, 0.3) is 0 Å². The number of hydrogen-bond acceptors (Lipinski definition) is 2. The van der Waals surface area contributed by atoms with Crippen LogP contribution in [0.2, 0.25) is 10.0 Å². The van der Waals surface area contributed by atoms with Crippen molar-refractivity contribution in [3.05, 3.63) is 58.1 Å². The third-order valence-electron chi connectivity index (χ3n) is 2.22.